The smallest absolute Gasteiger partial charge is 0.195 e. The van der Waals surface area contributed by atoms with Gasteiger partial charge in [-0.2, -0.15) is 0 Å². The lowest BCUT2D eigenvalue weighted by Gasteiger charge is -2.15. The van der Waals surface area contributed by atoms with E-state index in [4.69, 9.17) is 0 Å². The number of aromatic nitrogens is 3. The molecule has 1 heterocycles. The van der Waals surface area contributed by atoms with Crippen LogP contribution in [0.1, 0.15) is 13.8 Å². The molecule has 2 rings (SSSR count). The van der Waals surface area contributed by atoms with Gasteiger partial charge in [-0.05, 0) is 26.0 Å². The average Bonchev–Trinajstić information content (AvgIpc) is 2.75. The van der Waals surface area contributed by atoms with Gasteiger partial charge in [0.2, 0.25) is 0 Å². The van der Waals surface area contributed by atoms with Crippen molar-refractivity contribution in [1.82, 2.24) is 14.8 Å². The number of hydrogen-bond acceptors (Lipinski definition) is 4. The summed E-state index contributed by atoms with van der Waals surface area (Å²) in [6, 6.07) is 9.91. The third-order valence-electron chi connectivity index (χ3n) is 2.11. The van der Waals surface area contributed by atoms with E-state index in [1.807, 2.05) is 34.9 Å². The van der Waals surface area contributed by atoms with E-state index in [1.54, 1.807) is 20.2 Å². The summed E-state index contributed by atoms with van der Waals surface area (Å²) in [5.41, 5.74) is 0.314. The second-order valence-electron chi connectivity index (χ2n) is 4.42. The molecule has 90 valence electrons. The highest BCUT2D eigenvalue weighted by molar-refractivity contribution is 7.99. The quantitative estimate of drug-likeness (QED) is 0.843. The van der Waals surface area contributed by atoms with E-state index < -0.39 is 5.60 Å². The van der Waals surface area contributed by atoms with Gasteiger partial charge in [-0.15, -0.1) is 10.2 Å². The first-order chi connectivity index (χ1) is 8.06. The Hall–Kier alpha value is -1.33. The zero-order valence-corrected chi connectivity index (χ0v) is 10.7. The number of aliphatic hydroxyl groups is 1. The molecule has 0 unspecified atom stereocenters. The van der Waals surface area contributed by atoms with E-state index in [9.17, 15) is 5.11 Å². The number of benzene rings is 1. The molecule has 0 amide bonds. The van der Waals surface area contributed by atoms with Crippen molar-refractivity contribution in [3.63, 3.8) is 0 Å². The zero-order valence-electron chi connectivity index (χ0n) is 9.87. The highest BCUT2D eigenvalue weighted by Gasteiger charge is 2.15. The molecule has 2 aromatic rings. The molecule has 0 bridgehead atoms. The van der Waals surface area contributed by atoms with Crippen LogP contribution in [0.5, 0.6) is 0 Å². The van der Waals surface area contributed by atoms with Gasteiger partial charge in [0, 0.05) is 11.4 Å². The van der Waals surface area contributed by atoms with Crippen LogP contribution in [0.25, 0.3) is 5.69 Å². The molecule has 0 saturated carbocycles. The lowest BCUT2D eigenvalue weighted by Crippen LogP contribution is -2.22. The molecular weight excluding hydrogens is 234 g/mol. The lowest BCUT2D eigenvalue weighted by molar-refractivity contribution is 0.107. The van der Waals surface area contributed by atoms with E-state index in [0.29, 0.717) is 5.75 Å². The molecule has 17 heavy (non-hydrogen) atoms. The van der Waals surface area contributed by atoms with Gasteiger partial charge in [-0.25, -0.2) is 0 Å². The molecule has 0 spiro atoms. The number of thioether (sulfide) groups is 1. The highest BCUT2D eigenvalue weighted by atomic mass is 32.2. The van der Waals surface area contributed by atoms with Crippen molar-refractivity contribution in [2.75, 3.05) is 5.75 Å². The van der Waals surface area contributed by atoms with Crippen LogP contribution in [0, 0.1) is 0 Å². The molecule has 0 aliphatic heterocycles. The molecule has 0 aliphatic rings. The van der Waals surface area contributed by atoms with Gasteiger partial charge in [0.15, 0.2) is 5.16 Å². The number of para-hydroxylation sites is 1. The Bertz CT molecular complexity index is 476. The number of nitrogens with zero attached hydrogens (tertiary/aromatic N) is 3. The van der Waals surface area contributed by atoms with Crippen LogP contribution in [0.2, 0.25) is 0 Å². The van der Waals surface area contributed by atoms with Crippen molar-refractivity contribution in [3.05, 3.63) is 36.7 Å². The third-order valence-corrected chi connectivity index (χ3v) is 3.49. The Morgan fingerprint density at radius 3 is 2.65 bits per heavy atom. The Morgan fingerprint density at radius 1 is 1.29 bits per heavy atom. The van der Waals surface area contributed by atoms with Crippen LogP contribution in [0.15, 0.2) is 41.8 Å². The van der Waals surface area contributed by atoms with E-state index in [0.717, 1.165) is 10.8 Å². The summed E-state index contributed by atoms with van der Waals surface area (Å²) in [5.74, 6) is 0.582. The summed E-state index contributed by atoms with van der Waals surface area (Å²) in [6.45, 7) is 3.56. The minimum Gasteiger partial charge on any atom is -0.390 e. The normalized spacial score (nSPS) is 11.7. The Morgan fingerprint density at radius 2 is 2.00 bits per heavy atom. The van der Waals surface area contributed by atoms with Crippen LogP contribution >= 0.6 is 11.8 Å². The first-order valence-electron chi connectivity index (χ1n) is 5.37. The third kappa shape index (κ3) is 3.31. The summed E-state index contributed by atoms with van der Waals surface area (Å²) < 4.78 is 1.91. The average molecular weight is 249 g/mol. The standard InChI is InChI=1S/C12H15N3OS/c1-12(2,16)8-17-11-14-13-9-15(11)10-6-4-3-5-7-10/h3-7,9,16H,8H2,1-2H3. The van der Waals surface area contributed by atoms with E-state index in [-0.39, 0.29) is 0 Å². The van der Waals surface area contributed by atoms with Crippen molar-refractivity contribution in [1.29, 1.82) is 0 Å². The molecule has 0 aliphatic carbocycles. The van der Waals surface area contributed by atoms with Crippen LogP contribution < -0.4 is 0 Å². The molecule has 1 aromatic carbocycles. The van der Waals surface area contributed by atoms with Gasteiger partial charge in [-0.3, -0.25) is 4.57 Å². The summed E-state index contributed by atoms with van der Waals surface area (Å²) in [7, 11) is 0. The maximum absolute atomic E-state index is 9.70. The van der Waals surface area contributed by atoms with Gasteiger partial charge in [0.25, 0.3) is 0 Å². The minimum atomic E-state index is -0.710. The minimum absolute atomic E-state index is 0.582. The maximum atomic E-state index is 9.70. The van der Waals surface area contributed by atoms with E-state index >= 15 is 0 Å². The Kier molecular flexibility index (Phi) is 3.49. The Labute approximate surface area is 105 Å². The topological polar surface area (TPSA) is 50.9 Å². The van der Waals surface area contributed by atoms with Gasteiger partial charge in [0.1, 0.15) is 6.33 Å². The molecule has 0 saturated heterocycles. The molecule has 1 aromatic heterocycles. The molecule has 0 radical (unpaired) electrons. The molecular formula is C12H15N3OS. The van der Waals surface area contributed by atoms with Crippen LogP contribution in [-0.4, -0.2) is 31.2 Å². The number of rotatable bonds is 4. The van der Waals surface area contributed by atoms with Crippen molar-refractivity contribution in [2.45, 2.75) is 24.6 Å². The molecule has 0 atom stereocenters. The van der Waals surface area contributed by atoms with Crippen LogP contribution in [0.3, 0.4) is 0 Å². The second kappa shape index (κ2) is 4.89. The lowest BCUT2D eigenvalue weighted by atomic mass is 10.2. The fourth-order valence-electron chi connectivity index (χ4n) is 1.33. The first kappa shape index (κ1) is 12.1. The zero-order chi connectivity index (χ0) is 12.3. The van der Waals surface area contributed by atoms with Gasteiger partial charge < -0.3 is 5.11 Å². The Balaban J connectivity index is 2.18. The van der Waals surface area contributed by atoms with Crippen molar-refractivity contribution < 1.29 is 5.11 Å². The highest BCUT2D eigenvalue weighted by Crippen LogP contribution is 2.22. The van der Waals surface area contributed by atoms with Gasteiger partial charge in [-0.1, -0.05) is 30.0 Å². The molecule has 0 fully saturated rings. The SMILES string of the molecule is CC(C)(O)CSc1nncn1-c1ccccc1. The first-order valence-corrected chi connectivity index (χ1v) is 6.35. The predicted molar refractivity (Wildman–Crippen MR) is 68.4 cm³/mol. The fourth-order valence-corrected chi connectivity index (χ4v) is 2.21. The van der Waals surface area contributed by atoms with Crippen molar-refractivity contribution in [3.8, 4) is 5.69 Å². The largest absolute Gasteiger partial charge is 0.390 e. The summed E-state index contributed by atoms with van der Waals surface area (Å²) in [4.78, 5) is 0. The maximum Gasteiger partial charge on any atom is 0.195 e. The second-order valence-corrected chi connectivity index (χ2v) is 5.36. The van der Waals surface area contributed by atoms with E-state index in [1.165, 1.54) is 11.8 Å². The molecule has 4 nitrogen and oxygen atoms in total. The molecule has 1 N–H and O–H groups in total. The predicted octanol–water partition coefficient (Wildman–Crippen LogP) is 2.13. The van der Waals surface area contributed by atoms with Gasteiger partial charge >= 0.3 is 0 Å². The van der Waals surface area contributed by atoms with E-state index in [2.05, 4.69) is 10.2 Å². The number of hydrogen-bond donors (Lipinski definition) is 1. The summed E-state index contributed by atoms with van der Waals surface area (Å²) in [5, 5.41) is 18.5. The van der Waals surface area contributed by atoms with Crippen molar-refractivity contribution in [2.24, 2.45) is 0 Å². The van der Waals surface area contributed by atoms with Crippen LogP contribution in [-0.2, 0) is 0 Å². The summed E-state index contributed by atoms with van der Waals surface area (Å²) in [6.07, 6.45) is 1.68. The van der Waals surface area contributed by atoms with Crippen molar-refractivity contribution >= 4 is 11.8 Å². The molecule has 5 heteroatoms. The van der Waals surface area contributed by atoms with Gasteiger partial charge in [0.05, 0.1) is 5.60 Å². The fraction of sp³-hybridized carbons (Fsp3) is 0.333. The van der Waals surface area contributed by atoms with Crippen LogP contribution in [0.4, 0.5) is 0 Å². The summed E-state index contributed by atoms with van der Waals surface area (Å²) >= 11 is 1.49. The monoisotopic (exact) mass is 249 g/mol.